The number of carbonyl (C=O) groups excluding carboxylic acids is 1. The number of hydrogen-bond acceptors (Lipinski definition) is 1. The number of fused-ring (bicyclic) bond motifs is 2. The summed E-state index contributed by atoms with van der Waals surface area (Å²) in [5.74, 6) is 3.49. The standard InChI is InChI=1S/C20H26N2O/c23-20(22-6-5-16-3-1-2-4-19(16)22)21-18-12-15-8-13-7-14(9-15)11-17(18)10-13/h1-4,13-15,17-18H,5-12H2,(H,21,23). The average Bonchev–Trinajstić information content (AvgIpc) is 2.88. The molecule has 1 aromatic carbocycles. The van der Waals surface area contributed by atoms with Crippen LogP contribution >= 0.6 is 0 Å². The minimum atomic E-state index is 0.140. The molecule has 1 aliphatic heterocycles. The molecule has 4 fully saturated rings. The van der Waals surface area contributed by atoms with Gasteiger partial charge in [0.05, 0.1) is 0 Å². The van der Waals surface area contributed by atoms with Crippen molar-refractivity contribution >= 4 is 11.7 Å². The Labute approximate surface area is 138 Å². The maximum Gasteiger partial charge on any atom is 0.322 e. The summed E-state index contributed by atoms with van der Waals surface area (Å²) in [5, 5.41) is 3.44. The van der Waals surface area contributed by atoms with E-state index in [0.717, 1.165) is 42.3 Å². The van der Waals surface area contributed by atoms with E-state index in [-0.39, 0.29) is 6.03 Å². The summed E-state index contributed by atoms with van der Waals surface area (Å²) in [4.78, 5) is 14.8. The fraction of sp³-hybridized carbons (Fsp3) is 0.650. The number of benzene rings is 1. The van der Waals surface area contributed by atoms with Crippen molar-refractivity contribution in [3.05, 3.63) is 29.8 Å². The van der Waals surface area contributed by atoms with Crippen LogP contribution in [0, 0.1) is 23.7 Å². The van der Waals surface area contributed by atoms with Crippen LogP contribution < -0.4 is 10.2 Å². The lowest BCUT2D eigenvalue weighted by Crippen LogP contribution is -2.47. The van der Waals surface area contributed by atoms with Crippen molar-refractivity contribution in [2.75, 3.05) is 11.4 Å². The third kappa shape index (κ3) is 2.36. The normalized spacial score (nSPS) is 37.6. The van der Waals surface area contributed by atoms with Gasteiger partial charge in [0.25, 0.3) is 0 Å². The van der Waals surface area contributed by atoms with E-state index in [9.17, 15) is 4.79 Å². The number of urea groups is 1. The van der Waals surface area contributed by atoms with Crippen molar-refractivity contribution < 1.29 is 4.79 Å². The van der Waals surface area contributed by atoms with Crippen LogP contribution in [-0.2, 0) is 6.42 Å². The van der Waals surface area contributed by atoms with Crippen molar-refractivity contribution in [2.45, 2.75) is 51.0 Å². The summed E-state index contributed by atoms with van der Waals surface area (Å²) in [6.45, 7) is 0.831. The molecule has 3 nitrogen and oxygen atoms in total. The predicted octanol–water partition coefficient (Wildman–Crippen LogP) is 3.97. The summed E-state index contributed by atoms with van der Waals surface area (Å²) in [6, 6.07) is 8.89. The molecule has 0 saturated heterocycles. The molecule has 0 spiro atoms. The first-order valence-electron chi connectivity index (χ1n) is 9.42. The molecule has 23 heavy (non-hydrogen) atoms. The van der Waals surface area contributed by atoms with Gasteiger partial charge in [0.15, 0.2) is 0 Å². The Morgan fingerprint density at radius 3 is 2.43 bits per heavy atom. The summed E-state index contributed by atoms with van der Waals surface area (Å²) >= 11 is 0. The Morgan fingerprint density at radius 2 is 1.65 bits per heavy atom. The van der Waals surface area contributed by atoms with Crippen LogP contribution in [0.5, 0.6) is 0 Å². The van der Waals surface area contributed by atoms with Crippen LogP contribution in [0.1, 0.15) is 44.1 Å². The zero-order chi connectivity index (χ0) is 15.4. The highest BCUT2D eigenvalue weighted by Crippen LogP contribution is 2.51. The van der Waals surface area contributed by atoms with Gasteiger partial charge in [-0.1, -0.05) is 18.2 Å². The molecule has 4 aliphatic carbocycles. The molecule has 0 radical (unpaired) electrons. The van der Waals surface area contributed by atoms with Crippen molar-refractivity contribution in [2.24, 2.45) is 23.7 Å². The second kappa shape index (κ2) is 5.25. The third-order valence-electron chi connectivity index (χ3n) is 6.87. The summed E-state index contributed by atoms with van der Waals surface area (Å²) < 4.78 is 0. The fourth-order valence-corrected chi connectivity index (χ4v) is 6.08. The molecule has 1 aromatic rings. The Morgan fingerprint density at radius 1 is 0.957 bits per heavy atom. The number of carbonyl (C=O) groups is 1. The van der Waals surface area contributed by atoms with Crippen molar-refractivity contribution in [1.82, 2.24) is 5.32 Å². The maximum absolute atomic E-state index is 12.9. The van der Waals surface area contributed by atoms with E-state index in [1.54, 1.807) is 0 Å². The molecule has 1 N–H and O–H groups in total. The lowest BCUT2D eigenvalue weighted by molar-refractivity contribution is 0.129. The van der Waals surface area contributed by atoms with E-state index in [4.69, 9.17) is 0 Å². The first-order valence-corrected chi connectivity index (χ1v) is 9.42. The Bertz CT molecular complexity index is 614. The van der Waals surface area contributed by atoms with E-state index in [0.29, 0.717) is 6.04 Å². The topological polar surface area (TPSA) is 32.3 Å². The Kier molecular flexibility index (Phi) is 3.17. The monoisotopic (exact) mass is 310 g/mol. The quantitative estimate of drug-likeness (QED) is 0.836. The second-order valence-corrected chi connectivity index (χ2v) is 8.36. The molecule has 3 unspecified atom stereocenters. The number of rotatable bonds is 1. The van der Waals surface area contributed by atoms with E-state index in [1.165, 1.54) is 44.1 Å². The van der Waals surface area contributed by atoms with Crippen LogP contribution in [0.4, 0.5) is 10.5 Å². The van der Waals surface area contributed by atoms with Crippen LogP contribution in [0.25, 0.3) is 0 Å². The highest BCUT2D eigenvalue weighted by atomic mass is 16.2. The van der Waals surface area contributed by atoms with Crippen LogP contribution in [0.2, 0.25) is 0 Å². The number of amides is 2. The lowest BCUT2D eigenvalue weighted by Gasteiger charge is -2.39. The minimum absolute atomic E-state index is 0.140. The van der Waals surface area contributed by atoms with Crippen LogP contribution in [0.3, 0.4) is 0 Å². The largest absolute Gasteiger partial charge is 0.335 e. The SMILES string of the molecule is O=C(NC1CC2CC3CC(C2)CC1C3)N1CCc2ccccc21. The smallest absolute Gasteiger partial charge is 0.322 e. The molecule has 2 amide bonds. The van der Waals surface area contributed by atoms with Gasteiger partial charge in [0.2, 0.25) is 0 Å². The second-order valence-electron chi connectivity index (χ2n) is 8.36. The molecular formula is C20H26N2O. The first-order chi connectivity index (χ1) is 11.3. The number of hydrogen-bond donors (Lipinski definition) is 1. The zero-order valence-corrected chi connectivity index (χ0v) is 13.7. The number of nitrogens with one attached hydrogen (secondary N) is 1. The first kappa shape index (κ1) is 13.9. The van der Waals surface area contributed by atoms with E-state index in [2.05, 4.69) is 23.5 Å². The van der Waals surface area contributed by atoms with E-state index < -0.39 is 0 Å². The van der Waals surface area contributed by atoms with Gasteiger partial charge in [0.1, 0.15) is 0 Å². The molecule has 1 heterocycles. The van der Waals surface area contributed by atoms with Crippen molar-refractivity contribution in [3.8, 4) is 0 Å². The fourth-order valence-electron chi connectivity index (χ4n) is 6.08. The number of anilines is 1. The zero-order valence-electron chi connectivity index (χ0n) is 13.7. The molecule has 4 saturated carbocycles. The van der Waals surface area contributed by atoms with E-state index >= 15 is 0 Å². The van der Waals surface area contributed by atoms with Gasteiger partial charge in [-0.25, -0.2) is 4.79 Å². The maximum atomic E-state index is 12.9. The summed E-state index contributed by atoms with van der Waals surface area (Å²) in [5.41, 5.74) is 2.42. The molecule has 3 heteroatoms. The molecule has 3 atom stereocenters. The van der Waals surface area contributed by atoms with Gasteiger partial charge in [-0.2, -0.15) is 0 Å². The van der Waals surface area contributed by atoms with Crippen molar-refractivity contribution in [3.63, 3.8) is 0 Å². The van der Waals surface area contributed by atoms with Gasteiger partial charge in [-0.05, 0) is 80.2 Å². The van der Waals surface area contributed by atoms with Gasteiger partial charge in [-0.3, -0.25) is 4.90 Å². The predicted molar refractivity (Wildman–Crippen MR) is 91.5 cm³/mol. The number of para-hydroxylation sites is 1. The van der Waals surface area contributed by atoms with Gasteiger partial charge in [0, 0.05) is 18.3 Å². The average molecular weight is 310 g/mol. The molecule has 122 valence electrons. The molecule has 6 rings (SSSR count). The highest BCUT2D eigenvalue weighted by Gasteiger charge is 2.44. The highest BCUT2D eigenvalue weighted by molar-refractivity contribution is 5.94. The lowest BCUT2D eigenvalue weighted by atomic mass is 9.67. The minimum Gasteiger partial charge on any atom is -0.335 e. The summed E-state index contributed by atoms with van der Waals surface area (Å²) in [7, 11) is 0. The van der Waals surface area contributed by atoms with Gasteiger partial charge in [-0.15, -0.1) is 0 Å². The van der Waals surface area contributed by atoms with Crippen LogP contribution in [0.15, 0.2) is 24.3 Å². The van der Waals surface area contributed by atoms with Crippen LogP contribution in [-0.4, -0.2) is 18.6 Å². The Balaban J connectivity index is 1.33. The third-order valence-corrected chi connectivity index (χ3v) is 6.87. The Hall–Kier alpha value is -1.51. The van der Waals surface area contributed by atoms with Gasteiger partial charge >= 0.3 is 6.03 Å². The summed E-state index contributed by atoms with van der Waals surface area (Å²) in [6.07, 6.45) is 9.23. The molecule has 5 aliphatic rings. The van der Waals surface area contributed by atoms with E-state index in [1.807, 2.05) is 11.0 Å². The number of nitrogens with zero attached hydrogens (tertiary/aromatic N) is 1. The molecular weight excluding hydrogens is 284 g/mol. The van der Waals surface area contributed by atoms with Crippen molar-refractivity contribution in [1.29, 1.82) is 0 Å². The van der Waals surface area contributed by atoms with Gasteiger partial charge < -0.3 is 5.32 Å². The molecule has 4 bridgehead atoms. The molecule has 0 aromatic heterocycles.